The van der Waals surface area contributed by atoms with E-state index < -0.39 is 11.9 Å². The molecule has 0 saturated heterocycles. The van der Waals surface area contributed by atoms with Crippen LogP contribution in [0.4, 0.5) is 4.79 Å². The summed E-state index contributed by atoms with van der Waals surface area (Å²) >= 11 is 5.81. The van der Waals surface area contributed by atoms with Gasteiger partial charge >= 0.3 is 6.03 Å². The molecule has 3 rings (SSSR count). The fourth-order valence-corrected chi connectivity index (χ4v) is 4.30. The van der Waals surface area contributed by atoms with Gasteiger partial charge < -0.3 is 5.32 Å². The summed E-state index contributed by atoms with van der Waals surface area (Å²) in [6.45, 7) is 2.50. The van der Waals surface area contributed by atoms with Crippen LogP contribution in [-0.2, 0) is 0 Å². The summed E-state index contributed by atoms with van der Waals surface area (Å²) in [5, 5.41) is 2.94. The van der Waals surface area contributed by atoms with Crippen LogP contribution in [0.1, 0.15) is 32.3 Å². The number of imide groups is 1. The maximum Gasteiger partial charge on any atom is 0.334 e. The van der Waals surface area contributed by atoms with Gasteiger partial charge in [0.2, 0.25) is 0 Å². The van der Waals surface area contributed by atoms with Crippen LogP contribution in [0.3, 0.4) is 0 Å². The summed E-state index contributed by atoms with van der Waals surface area (Å²) in [4.78, 5) is 24.6. The van der Waals surface area contributed by atoms with Gasteiger partial charge in [-0.25, -0.2) is 9.10 Å². The number of nitrogens with zero attached hydrogens (tertiary/aromatic N) is 1. The van der Waals surface area contributed by atoms with Crippen LogP contribution in [0.25, 0.3) is 0 Å². The minimum atomic E-state index is -0.528. The number of carbonyl (C=O) groups excluding carboxylic acids is 2. The highest BCUT2D eigenvalue weighted by Gasteiger charge is 2.20. The van der Waals surface area contributed by atoms with E-state index >= 15 is 0 Å². The molecule has 30 heavy (non-hydrogen) atoms. The largest absolute Gasteiger partial charge is 0.336 e. The number of urea groups is 1. The Balaban J connectivity index is 1.57. The Hall–Kier alpha value is -2.70. The van der Waals surface area contributed by atoms with Crippen LogP contribution in [0.15, 0.2) is 84.9 Å². The molecule has 0 bridgehead atoms. The SMILES string of the molecule is Cc1ccc(C(SCCNC(=O)N(S)C(=O)c2ccccc2)c2ccccc2)cc1. The van der Waals surface area contributed by atoms with E-state index in [0.717, 1.165) is 4.31 Å². The van der Waals surface area contributed by atoms with Crippen LogP contribution < -0.4 is 5.32 Å². The van der Waals surface area contributed by atoms with E-state index in [2.05, 4.69) is 61.5 Å². The number of rotatable bonds is 7. The highest BCUT2D eigenvalue weighted by atomic mass is 32.2. The van der Waals surface area contributed by atoms with E-state index in [4.69, 9.17) is 0 Å². The van der Waals surface area contributed by atoms with Gasteiger partial charge in [-0.2, -0.15) is 0 Å². The number of carbonyl (C=O) groups is 2. The summed E-state index contributed by atoms with van der Waals surface area (Å²) in [7, 11) is 0. The monoisotopic (exact) mass is 436 g/mol. The third kappa shape index (κ3) is 5.90. The molecule has 0 heterocycles. The van der Waals surface area contributed by atoms with E-state index in [1.807, 2.05) is 24.3 Å². The molecule has 6 heteroatoms. The zero-order valence-corrected chi connectivity index (χ0v) is 18.4. The summed E-state index contributed by atoms with van der Waals surface area (Å²) in [5.41, 5.74) is 4.08. The Morgan fingerprint density at radius 1 is 0.900 bits per heavy atom. The molecule has 3 aromatic carbocycles. The van der Waals surface area contributed by atoms with Gasteiger partial charge in [-0.05, 0) is 30.2 Å². The molecule has 3 aromatic rings. The van der Waals surface area contributed by atoms with Crippen LogP contribution in [-0.4, -0.2) is 28.5 Å². The summed E-state index contributed by atoms with van der Waals surface area (Å²) < 4.78 is 0.814. The van der Waals surface area contributed by atoms with Crippen LogP contribution in [0.5, 0.6) is 0 Å². The lowest BCUT2D eigenvalue weighted by Gasteiger charge is -2.19. The van der Waals surface area contributed by atoms with Crippen molar-refractivity contribution in [2.75, 3.05) is 12.3 Å². The van der Waals surface area contributed by atoms with Crippen molar-refractivity contribution in [2.24, 2.45) is 0 Å². The van der Waals surface area contributed by atoms with Gasteiger partial charge in [0.05, 0.1) is 5.25 Å². The van der Waals surface area contributed by atoms with Gasteiger partial charge in [-0.15, -0.1) is 11.8 Å². The summed E-state index contributed by atoms with van der Waals surface area (Å²) in [6, 6.07) is 26.9. The molecule has 4 nitrogen and oxygen atoms in total. The molecule has 0 aliphatic rings. The second kappa shape index (κ2) is 10.9. The Bertz CT molecular complexity index is 964. The Morgan fingerprint density at radius 3 is 2.10 bits per heavy atom. The maximum absolute atomic E-state index is 12.3. The first-order valence-electron chi connectivity index (χ1n) is 9.65. The van der Waals surface area contributed by atoms with Crippen molar-refractivity contribution in [1.82, 2.24) is 9.62 Å². The molecular weight excluding hydrogens is 412 g/mol. The standard InChI is InChI=1S/C24H24N2O2S2/c1-18-12-14-20(15-13-18)22(19-8-4-2-5-9-19)30-17-16-25-24(28)26(29)23(27)21-10-6-3-7-11-21/h2-15,22,29H,16-17H2,1H3,(H,25,28). The predicted octanol–water partition coefficient (Wildman–Crippen LogP) is 5.51. The number of nitrogens with one attached hydrogen (secondary N) is 1. The Kier molecular flexibility index (Phi) is 7.99. The number of thioether (sulfide) groups is 1. The molecule has 3 amide bonds. The van der Waals surface area contributed by atoms with Crippen molar-refractivity contribution in [2.45, 2.75) is 12.2 Å². The number of thiol groups is 1. The number of hydrogen-bond donors (Lipinski definition) is 2. The Morgan fingerprint density at radius 2 is 1.47 bits per heavy atom. The van der Waals surface area contributed by atoms with Crippen LogP contribution in [0.2, 0.25) is 0 Å². The smallest absolute Gasteiger partial charge is 0.334 e. The predicted molar refractivity (Wildman–Crippen MR) is 127 cm³/mol. The number of aryl methyl sites for hydroxylation is 1. The van der Waals surface area contributed by atoms with E-state index in [1.165, 1.54) is 16.7 Å². The minimum absolute atomic E-state index is 0.168. The second-order valence-electron chi connectivity index (χ2n) is 6.79. The fourth-order valence-electron chi connectivity index (χ4n) is 2.96. The van der Waals surface area contributed by atoms with Crippen molar-refractivity contribution >= 4 is 36.5 Å². The molecule has 0 spiro atoms. The first kappa shape index (κ1) is 22.0. The third-order valence-corrected chi connectivity index (χ3v) is 6.23. The zero-order chi connectivity index (χ0) is 21.3. The molecule has 0 radical (unpaired) electrons. The summed E-state index contributed by atoms with van der Waals surface area (Å²) in [6.07, 6.45) is 0. The average molecular weight is 437 g/mol. The molecule has 154 valence electrons. The Labute approximate surface area is 187 Å². The first-order chi connectivity index (χ1) is 14.6. The zero-order valence-electron chi connectivity index (χ0n) is 16.7. The highest BCUT2D eigenvalue weighted by molar-refractivity contribution is 7.99. The molecule has 0 aromatic heterocycles. The van der Waals surface area contributed by atoms with Gasteiger partial charge in [0.25, 0.3) is 5.91 Å². The molecule has 1 unspecified atom stereocenters. The quantitative estimate of drug-likeness (QED) is 0.379. The number of benzene rings is 3. The van der Waals surface area contributed by atoms with Gasteiger partial charge in [0.15, 0.2) is 0 Å². The van der Waals surface area contributed by atoms with Gasteiger partial charge in [-0.3, -0.25) is 4.79 Å². The van der Waals surface area contributed by atoms with E-state index in [0.29, 0.717) is 17.9 Å². The summed E-state index contributed by atoms with van der Waals surface area (Å²) in [5.74, 6) is 0.242. The van der Waals surface area contributed by atoms with Gasteiger partial charge in [0.1, 0.15) is 0 Å². The van der Waals surface area contributed by atoms with E-state index in [1.54, 1.807) is 36.0 Å². The topological polar surface area (TPSA) is 49.4 Å². The second-order valence-corrected chi connectivity index (χ2v) is 8.40. The molecule has 0 aliphatic heterocycles. The molecule has 0 saturated carbocycles. The van der Waals surface area contributed by atoms with Crippen molar-refractivity contribution in [3.8, 4) is 0 Å². The number of hydrogen-bond acceptors (Lipinski definition) is 4. The van der Waals surface area contributed by atoms with Crippen LogP contribution in [0, 0.1) is 6.92 Å². The van der Waals surface area contributed by atoms with Crippen molar-refractivity contribution in [1.29, 1.82) is 0 Å². The molecule has 1 atom stereocenters. The average Bonchev–Trinajstić information content (AvgIpc) is 2.80. The van der Waals surface area contributed by atoms with Crippen molar-refractivity contribution < 1.29 is 9.59 Å². The normalized spacial score (nSPS) is 11.5. The lowest BCUT2D eigenvalue weighted by Crippen LogP contribution is -2.38. The molecule has 1 N–H and O–H groups in total. The number of amides is 3. The van der Waals surface area contributed by atoms with Gasteiger partial charge in [-0.1, -0.05) is 91.2 Å². The van der Waals surface area contributed by atoms with Crippen LogP contribution >= 0.6 is 24.6 Å². The van der Waals surface area contributed by atoms with E-state index in [9.17, 15) is 9.59 Å². The highest BCUT2D eigenvalue weighted by Crippen LogP contribution is 2.35. The molecule has 0 aliphatic carbocycles. The van der Waals surface area contributed by atoms with Crippen molar-refractivity contribution in [3.05, 3.63) is 107 Å². The van der Waals surface area contributed by atoms with Crippen molar-refractivity contribution in [3.63, 3.8) is 0 Å². The lowest BCUT2D eigenvalue weighted by atomic mass is 10.0. The third-order valence-electron chi connectivity index (χ3n) is 4.55. The van der Waals surface area contributed by atoms with Gasteiger partial charge in [0, 0.05) is 17.9 Å². The minimum Gasteiger partial charge on any atom is -0.336 e. The lowest BCUT2D eigenvalue weighted by molar-refractivity contribution is 0.0896. The molecular formula is C24H24N2O2S2. The fraction of sp³-hybridized carbons (Fsp3) is 0.167. The first-order valence-corrected chi connectivity index (χ1v) is 11.1. The molecule has 0 fully saturated rings. The maximum atomic E-state index is 12.3. The van der Waals surface area contributed by atoms with E-state index in [-0.39, 0.29) is 5.25 Å².